The molecule has 0 saturated carbocycles. The fraction of sp³-hybridized carbons (Fsp3) is 0.367. The number of fused-ring (bicyclic) bond motifs is 1. The summed E-state index contributed by atoms with van der Waals surface area (Å²) in [6, 6.07) is 12.9. The first-order valence-corrected chi connectivity index (χ1v) is 14.5. The first-order valence-electron chi connectivity index (χ1n) is 13.7. The zero-order valence-electron chi connectivity index (χ0n) is 23.2. The molecule has 5 rings (SSSR count). The Morgan fingerprint density at radius 3 is 2.49 bits per heavy atom. The second-order valence-corrected chi connectivity index (χ2v) is 10.9. The van der Waals surface area contributed by atoms with Gasteiger partial charge in [-0.05, 0) is 67.3 Å². The van der Waals surface area contributed by atoms with Crippen molar-refractivity contribution in [3.8, 4) is 11.4 Å². The molecule has 0 bridgehead atoms. The van der Waals surface area contributed by atoms with Crippen LogP contribution in [0.3, 0.4) is 0 Å². The predicted molar refractivity (Wildman–Crippen MR) is 159 cm³/mol. The maximum Gasteiger partial charge on any atom is 0.320 e. The highest BCUT2D eigenvalue weighted by Gasteiger charge is 2.33. The van der Waals surface area contributed by atoms with Gasteiger partial charge >= 0.3 is 5.97 Å². The number of carbonyl (C=O) groups is 2. The molecule has 1 amide bonds. The molecule has 2 aromatic carbocycles. The fourth-order valence-corrected chi connectivity index (χ4v) is 5.74. The number of carbonyl (C=O) groups excluding carboxylic acids is 2. The van der Waals surface area contributed by atoms with E-state index >= 15 is 0 Å². The Bertz CT molecular complexity index is 1450. The zero-order valence-corrected chi connectivity index (χ0v) is 24.7. The highest BCUT2D eigenvalue weighted by atomic mass is 35.5. The first-order chi connectivity index (χ1) is 19.9. The predicted octanol–water partition coefficient (Wildman–Crippen LogP) is 5.24. The number of esters is 1. The van der Waals surface area contributed by atoms with Crippen molar-refractivity contribution in [2.75, 3.05) is 39.9 Å². The standard InChI is InChI=1S/C30H33Cl2N5O4/c1-3-41-27(38)19-35-17-21(15-20-7-10-23(40-2)11-8-20)29-24(18-35)28(30(39)34-36-13-5-4-6-14-36)33-37(29)26-12-9-22(31)16-25(26)32/h7-12,15-16H,3-6,13-14,17-19H2,1-2H3,(H,34,39)/b21-15+. The van der Waals surface area contributed by atoms with Gasteiger partial charge in [-0.2, -0.15) is 5.10 Å². The monoisotopic (exact) mass is 597 g/mol. The van der Waals surface area contributed by atoms with Crippen LogP contribution in [-0.4, -0.2) is 71.5 Å². The molecule has 0 spiro atoms. The number of rotatable bonds is 8. The Morgan fingerprint density at radius 1 is 1.05 bits per heavy atom. The van der Waals surface area contributed by atoms with E-state index in [9.17, 15) is 9.59 Å². The SMILES string of the molecule is CCOC(=O)CN1C/C(=C\c2ccc(OC)cc2)c2c(c(C(=O)NN3CCCCC3)nn2-c2ccc(Cl)cc2Cl)C1. The van der Waals surface area contributed by atoms with Gasteiger partial charge in [-0.15, -0.1) is 0 Å². The number of aromatic nitrogens is 2. The van der Waals surface area contributed by atoms with Gasteiger partial charge in [0.25, 0.3) is 5.91 Å². The molecule has 1 fully saturated rings. The summed E-state index contributed by atoms with van der Waals surface area (Å²) in [6.07, 6.45) is 5.22. The summed E-state index contributed by atoms with van der Waals surface area (Å²) in [7, 11) is 1.62. The number of ether oxygens (including phenoxy) is 2. The maximum absolute atomic E-state index is 13.7. The molecule has 0 radical (unpaired) electrons. The zero-order chi connectivity index (χ0) is 28.9. The van der Waals surface area contributed by atoms with Gasteiger partial charge in [0.2, 0.25) is 0 Å². The number of amides is 1. The lowest BCUT2D eigenvalue weighted by atomic mass is 9.97. The number of hydrogen-bond donors (Lipinski definition) is 1. The van der Waals surface area contributed by atoms with E-state index in [2.05, 4.69) is 5.43 Å². The Kier molecular flexibility index (Phi) is 9.29. The van der Waals surface area contributed by atoms with Gasteiger partial charge in [0.15, 0.2) is 5.69 Å². The summed E-state index contributed by atoms with van der Waals surface area (Å²) in [5.74, 6) is 0.121. The lowest BCUT2D eigenvalue weighted by Gasteiger charge is -2.29. The molecular weight excluding hydrogens is 565 g/mol. The number of methoxy groups -OCH3 is 1. The Labute approximate surface area is 249 Å². The molecule has 2 aliphatic heterocycles. The molecule has 3 aromatic rings. The quantitative estimate of drug-likeness (QED) is 0.355. The maximum atomic E-state index is 13.7. The van der Waals surface area contributed by atoms with Crippen molar-refractivity contribution >= 4 is 46.7 Å². The molecule has 1 N–H and O–H groups in total. The Balaban J connectivity index is 1.64. The minimum atomic E-state index is -0.327. The van der Waals surface area contributed by atoms with E-state index in [1.807, 2.05) is 40.3 Å². The second-order valence-electron chi connectivity index (χ2n) is 10.1. The molecule has 0 atom stereocenters. The smallest absolute Gasteiger partial charge is 0.320 e. The summed E-state index contributed by atoms with van der Waals surface area (Å²) in [5, 5.41) is 7.68. The first kappa shape index (κ1) is 29.1. The van der Waals surface area contributed by atoms with Gasteiger partial charge < -0.3 is 9.47 Å². The van der Waals surface area contributed by atoms with E-state index in [0.29, 0.717) is 41.0 Å². The molecule has 216 valence electrons. The van der Waals surface area contributed by atoms with Gasteiger partial charge in [-0.1, -0.05) is 41.8 Å². The average Bonchev–Trinajstić information content (AvgIpc) is 3.34. The Morgan fingerprint density at radius 2 is 1.80 bits per heavy atom. The van der Waals surface area contributed by atoms with Crippen LogP contribution >= 0.6 is 23.2 Å². The van der Waals surface area contributed by atoms with Crippen LogP contribution < -0.4 is 10.2 Å². The fourth-order valence-electron chi connectivity index (χ4n) is 5.25. The van der Waals surface area contributed by atoms with Crippen LogP contribution in [0.15, 0.2) is 42.5 Å². The molecule has 2 aliphatic rings. The number of hydrazine groups is 1. The molecule has 3 heterocycles. The van der Waals surface area contributed by atoms with E-state index in [1.54, 1.807) is 36.9 Å². The molecule has 9 nitrogen and oxygen atoms in total. The van der Waals surface area contributed by atoms with Gasteiger partial charge in [-0.25, -0.2) is 9.69 Å². The normalized spacial score (nSPS) is 16.8. The van der Waals surface area contributed by atoms with Gasteiger partial charge in [0, 0.05) is 36.8 Å². The minimum Gasteiger partial charge on any atom is -0.497 e. The van der Waals surface area contributed by atoms with E-state index in [0.717, 1.165) is 54.9 Å². The molecule has 41 heavy (non-hydrogen) atoms. The van der Waals surface area contributed by atoms with E-state index in [-0.39, 0.29) is 24.1 Å². The summed E-state index contributed by atoms with van der Waals surface area (Å²) < 4.78 is 12.3. The number of piperidine rings is 1. The summed E-state index contributed by atoms with van der Waals surface area (Å²) in [4.78, 5) is 28.2. The summed E-state index contributed by atoms with van der Waals surface area (Å²) in [5.41, 5.74) is 7.20. The van der Waals surface area contributed by atoms with Crippen molar-refractivity contribution in [3.63, 3.8) is 0 Å². The largest absolute Gasteiger partial charge is 0.497 e. The third-order valence-electron chi connectivity index (χ3n) is 7.15. The second kappa shape index (κ2) is 13.1. The van der Waals surface area contributed by atoms with Crippen LogP contribution in [0.25, 0.3) is 17.3 Å². The lowest BCUT2D eigenvalue weighted by molar-refractivity contribution is -0.144. The molecule has 0 aliphatic carbocycles. The van der Waals surface area contributed by atoms with Crippen LogP contribution in [0.4, 0.5) is 0 Å². The van der Waals surface area contributed by atoms with E-state index in [1.165, 1.54) is 0 Å². The van der Waals surface area contributed by atoms with Gasteiger partial charge in [0.05, 0.1) is 36.7 Å². The Hall–Kier alpha value is -3.37. The van der Waals surface area contributed by atoms with Crippen molar-refractivity contribution in [2.45, 2.75) is 32.7 Å². The van der Waals surface area contributed by atoms with Crippen LogP contribution in [0.1, 0.15) is 53.5 Å². The number of benzene rings is 2. The molecular formula is C30H33Cl2N5O4. The highest BCUT2D eigenvalue weighted by Crippen LogP contribution is 2.36. The van der Waals surface area contributed by atoms with Crippen molar-refractivity contribution in [2.24, 2.45) is 0 Å². The molecule has 1 saturated heterocycles. The van der Waals surface area contributed by atoms with Crippen LogP contribution in [0.2, 0.25) is 10.0 Å². The summed E-state index contributed by atoms with van der Waals surface area (Å²) >= 11 is 12.9. The van der Waals surface area contributed by atoms with Crippen LogP contribution in [0, 0.1) is 0 Å². The molecule has 0 unspecified atom stereocenters. The average molecular weight is 599 g/mol. The van der Waals surface area contributed by atoms with Crippen molar-refractivity contribution in [1.82, 2.24) is 25.1 Å². The number of nitrogens with zero attached hydrogens (tertiary/aromatic N) is 4. The van der Waals surface area contributed by atoms with Crippen LogP contribution in [0.5, 0.6) is 5.75 Å². The minimum absolute atomic E-state index is 0.0767. The van der Waals surface area contributed by atoms with Crippen molar-refractivity contribution in [1.29, 1.82) is 0 Å². The van der Waals surface area contributed by atoms with Gasteiger partial charge in [0.1, 0.15) is 5.75 Å². The number of hydrogen-bond acceptors (Lipinski definition) is 7. The topological polar surface area (TPSA) is 88.9 Å². The highest BCUT2D eigenvalue weighted by molar-refractivity contribution is 6.35. The van der Waals surface area contributed by atoms with E-state index < -0.39 is 0 Å². The van der Waals surface area contributed by atoms with Crippen LogP contribution in [-0.2, 0) is 16.1 Å². The van der Waals surface area contributed by atoms with Gasteiger partial charge in [-0.3, -0.25) is 19.9 Å². The lowest BCUT2D eigenvalue weighted by Crippen LogP contribution is -2.45. The number of halogens is 2. The molecule has 11 heteroatoms. The van der Waals surface area contributed by atoms with Crippen molar-refractivity contribution in [3.05, 3.63) is 75.0 Å². The third-order valence-corrected chi connectivity index (χ3v) is 7.68. The molecule has 1 aromatic heterocycles. The summed E-state index contributed by atoms with van der Waals surface area (Å²) in [6.45, 7) is 4.49. The van der Waals surface area contributed by atoms with E-state index in [4.69, 9.17) is 37.8 Å². The number of nitrogens with one attached hydrogen (secondary N) is 1. The van der Waals surface area contributed by atoms with Crippen molar-refractivity contribution < 1.29 is 19.1 Å². The third kappa shape index (κ3) is 6.76.